The van der Waals surface area contributed by atoms with Crippen LogP contribution in [0, 0.1) is 0 Å². The number of carbonyl (C=O) groups excluding carboxylic acids is 1. The number of fused-ring (bicyclic) bond motifs is 2. The molecule has 24 heavy (non-hydrogen) atoms. The minimum Gasteiger partial charge on any atom is -0.365 e. The lowest BCUT2D eigenvalue weighted by Gasteiger charge is -2.39. The van der Waals surface area contributed by atoms with Gasteiger partial charge in [0.25, 0.3) is 0 Å². The zero-order valence-corrected chi connectivity index (χ0v) is 13.5. The Bertz CT molecular complexity index is 762. The molecule has 0 atom stereocenters. The molecule has 1 fully saturated rings. The van der Waals surface area contributed by atoms with Crippen molar-refractivity contribution in [3.8, 4) is 0 Å². The number of aromatic nitrogens is 1. The Morgan fingerprint density at radius 1 is 1.17 bits per heavy atom. The van der Waals surface area contributed by atoms with E-state index in [1.807, 2.05) is 23.1 Å². The number of ether oxygens (including phenoxy) is 1. The van der Waals surface area contributed by atoms with Gasteiger partial charge in [-0.1, -0.05) is 30.3 Å². The van der Waals surface area contributed by atoms with Gasteiger partial charge >= 0.3 is 0 Å². The molecule has 3 heterocycles. The third-order valence-electron chi connectivity index (χ3n) is 5.00. The summed E-state index contributed by atoms with van der Waals surface area (Å²) in [4.78, 5) is 18.4. The van der Waals surface area contributed by atoms with E-state index in [9.17, 15) is 4.79 Å². The van der Waals surface area contributed by atoms with Crippen molar-refractivity contribution in [2.75, 3.05) is 13.1 Å². The van der Waals surface area contributed by atoms with Gasteiger partial charge < -0.3 is 9.64 Å². The Kier molecular flexibility index (Phi) is 3.90. The first-order valence-corrected chi connectivity index (χ1v) is 8.36. The molecule has 0 aliphatic carbocycles. The molecule has 0 N–H and O–H groups in total. The van der Waals surface area contributed by atoms with Crippen LogP contribution in [0.2, 0.25) is 0 Å². The maximum atomic E-state index is 12.4. The van der Waals surface area contributed by atoms with Gasteiger partial charge in [-0.2, -0.15) is 0 Å². The lowest BCUT2D eigenvalue weighted by molar-refractivity contribution is -0.133. The predicted molar refractivity (Wildman–Crippen MR) is 92.0 cm³/mol. The molecule has 1 amide bonds. The van der Waals surface area contributed by atoms with Crippen molar-refractivity contribution in [1.82, 2.24) is 9.88 Å². The van der Waals surface area contributed by atoms with Crippen LogP contribution in [0.4, 0.5) is 0 Å². The van der Waals surface area contributed by atoms with Gasteiger partial charge in [0.2, 0.25) is 5.91 Å². The number of hydrogen-bond donors (Lipinski definition) is 0. The first kappa shape index (κ1) is 15.1. The Hall–Kier alpha value is -2.46. The van der Waals surface area contributed by atoms with E-state index in [1.165, 1.54) is 11.1 Å². The van der Waals surface area contributed by atoms with Gasteiger partial charge in [-0.25, -0.2) is 0 Å². The Labute approximate surface area is 141 Å². The van der Waals surface area contributed by atoms with E-state index >= 15 is 0 Å². The minimum absolute atomic E-state index is 0.0555. The number of piperidine rings is 1. The van der Waals surface area contributed by atoms with Crippen LogP contribution in [0.5, 0.6) is 0 Å². The standard InChI is InChI=1S/C20H20N2O2/c23-19(8-7-16-4-3-11-21-14-16)22-12-9-20(10-13-22)18-6-2-1-5-17(18)15-24-20/h1-8,11,14H,9-10,12-13,15H2/b8-7+. The van der Waals surface area contributed by atoms with Crippen LogP contribution in [0.3, 0.4) is 0 Å². The second-order valence-corrected chi connectivity index (χ2v) is 6.39. The minimum atomic E-state index is -0.194. The number of rotatable bonds is 2. The van der Waals surface area contributed by atoms with Gasteiger partial charge in [-0.05, 0) is 41.7 Å². The average molecular weight is 320 g/mol. The molecule has 2 aromatic rings. The van der Waals surface area contributed by atoms with Crippen LogP contribution in [-0.2, 0) is 21.7 Å². The predicted octanol–water partition coefficient (Wildman–Crippen LogP) is 3.14. The molecule has 2 aliphatic rings. The topological polar surface area (TPSA) is 42.4 Å². The number of carbonyl (C=O) groups is 1. The monoisotopic (exact) mass is 320 g/mol. The van der Waals surface area contributed by atoms with Gasteiger partial charge in [0.15, 0.2) is 0 Å². The van der Waals surface area contributed by atoms with E-state index in [4.69, 9.17) is 4.74 Å². The van der Waals surface area contributed by atoms with Crippen LogP contribution in [0.15, 0.2) is 54.9 Å². The lowest BCUT2D eigenvalue weighted by atomic mass is 9.84. The summed E-state index contributed by atoms with van der Waals surface area (Å²) in [5.74, 6) is 0.0555. The molecule has 1 saturated heterocycles. The number of benzene rings is 1. The third-order valence-corrected chi connectivity index (χ3v) is 5.00. The summed E-state index contributed by atoms with van der Waals surface area (Å²) in [5, 5.41) is 0. The smallest absolute Gasteiger partial charge is 0.246 e. The van der Waals surface area contributed by atoms with E-state index in [1.54, 1.807) is 18.5 Å². The SMILES string of the molecule is O=C(/C=C/c1cccnc1)N1CCC2(CC1)OCc1ccccc12. The van der Waals surface area contributed by atoms with Crippen LogP contribution in [0.1, 0.15) is 29.5 Å². The summed E-state index contributed by atoms with van der Waals surface area (Å²) in [6.45, 7) is 2.14. The molecular weight excluding hydrogens is 300 g/mol. The summed E-state index contributed by atoms with van der Waals surface area (Å²) in [6.07, 6.45) is 8.65. The van der Waals surface area contributed by atoms with Gasteiger partial charge in [0.1, 0.15) is 0 Å². The summed E-state index contributed by atoms with van der Waals surface area (Å²) in [5.41, 5.74) is 3.34. The fourth-order valence-electron chi connectivity index (χ4n) is 3.63. The normalized spacial score (nSPS) is 18.9. The molecule has 0 radical (unpaired) electrons. The van der Waals surface area contributed by atoms with Crippen molar-refractivity contribution in [1.29, 1.82) is 0 Å². The van der Waals surface area contributed by atoms with E-state index in [-0.39, 0.29) is 11.5 Å². The second-order valence-electron chi connectivity index (χ2n) is 6.39. The maximum absolute atomic E-state index is 12.4. The molecule has 0 unspecified atom stereocenters. The fraction of sp³-hybridized carbons (Fsp3) is 0.300. The molecule has 1 aromatic carbocycles. The molecule has 0 bridgehead atoms. The van der Waals surface area contributed by atoms with Crippen molar-refractivity contribution in [3.05, 3.63) is 71.6 Å². The molecule has 4 heteroatoms. The molecule has 122 valence electrons. The van der Waals surface area contributed by atoms with Gasteiger partial charge in [0.05, 0.1) is 12.2 Å². The first-order chi connectivity index (χ1) is 11.8. The lowest BCUT2D eigenvalue weighted by Crippen LogP contribution is -2.44. The van der Waals surface area contributed by atoms with Crippen LogP contribution in [-0.4, -0.2) is 28.9 Å². The largest absolute Gasteiger partial charge is 0.365 e. The van der Waals surface area contributed by atoms with Crippen LogP contribution in [0.25, 0.3) is 6.08 Å². The van der Waals surface area contributed by atoms with Crippen molar-refractivity contribution in [3.63, 3.8) is 0 Å². The Morgan fingerprint density at radius 2 is 2.00 bits per heavy atom. The zero-order chi connectivity index (χ0) is 16.4. The summed E-state index contributed by atoms with van der Waals surface area (Å²) >= 11 is 0. The van der Waals surface area contributed by atoms with E-state index < -0.39 is 0 Å². The number of amides is 1. The highest BCUT2D eigenvalue weighted by Crippen LogP contribution is 2.43. The number of pyridine rings is 1. The highest BCUT2D eigenvalue weighted by Gasteiger charge is 2.42. The maximum Gasteiger partial charge on any atom is 0.246 e. The molecule has 4 rings (SSSR count). The second kappa shape index (κ2) is 6.21. The fourth-order valence-corrected chi connectivity index (χ4v) is 3.63. The van der Waals surface area contributed by atoms with Crippen molar-refractivity contribution in [2.45, 2.75) is 25.0 Å². The van der Waals surface area contributed by atoms with E-state index in [0.717, 1.165) is 31.5 Å². The summed E-state index contributed by atoms with van der Waals surface area (Å²) < 4.78 is 6.14. The highest BCUT2D eigenvalue weighted by molar-refractivity contribution is 5.91. The number of hydrogen-bond acceptors (Lipinski definition) is 3. The summed E-state index contributed by atoms with van der Waals surface area (Å²) in [7, 11) is 0. The van der Waals surface area contributed by atoms with Gasteiger partial charge in [0, 0.05) is 31.6 Å². The van der Waals surface area contributed by atoms with Gasteiger partial charge in [-0.3, -0.25) is 9.78 Å². The molecule has 1 aromatic heterocycles. The first-order valence-electron chi connectivity index (χ1n) is 8.36. The molecule has 2 aliphatic heterocycles. The number of likely N-dealkylation sites (tertiary alicyclic amines) is 1. The van der Waals surface area contributed by atoms with Crippen molar-refractivity contribution < 1.29 is 9.53 Å². The number of nitrogens with zero attached hydrogens (tertiary/aromatic N) is 2. The molecule has 1 spiro atoms. The van der Waals surface area contributed by atoms with Crippen molar-refractivity contribution >= 4 is 12.0 Å². The zero-order valence-electron chi connectivity index (χ0n) is 13.5. The Balaban J connectivity index is 1.42. The summed E-state index contributed by atoms with van der Waals surface area (Å²) in [6, 6.07) is 12.2. The highest BCUT2D eigenvalue weighted by atomic mass is 16.5. The Morgan fingerprint density at radius 3 is 2.79 bits per heavy atom. The van der Waals surface area contributed by atoms with Crippen molar-refractivity contribution in [2.24, 2.45) is 0 Å². The van der Waals surface area contributed by atoms with E-state index in [2.05, 4.69) is 29.2 Å². The molecule has 4 nitrogen and oxygen atoms in total. The van der Waals surface area contributed by atoms with Crippen LogP contribution >= 0.6 is 0 Å². The quantitative estimate of drug-likeness (QED) is 0.798. The third kappa shape index (κ3) is 2.74. The van der Waals surface area contributed by atoms with Crippen LogP contribution < -0.4 is 0 Å². The molecular formula is C20H20N2O2. The van der Waals surface area contributed by atoms with E-state index in [0.29, 0.717) is 6.61 Å². The van der Waals surface area contributed by atoms with Gasteiger partial charge in [-0.15, -0.1) is 0 Å². The molecule has 0 saturated carbocycles. The average Bonchev–Trinajstić information content (AvgIpc) is 3.00.